The standard InChI is InChI=1S/C28H35N7O/c1-33(2)14-8-15-34(3)25-18-26(36-4)22(17-20(25)29)32-28-30-13-12-21(31-28)27-19-9-5-6-10-23(19)35-16-7-11-24(27)35/h5-6,9-10,12-13,17-18H,7-8,11,14-16,29H2,1-4H3,(H,30,31,32). The highest BCUT2D eigenvalue weighted by molar-refractivity contribution is 5.97. The molecule has 0 atom stereocenters. The van der Waals surface area contributed by atoms with E-state index in [0.717, 1.165) is 56.0 Å². The van der Waals surface area contributed by atoms with Gasteiger partial charge < -0.3 is 30.2 Å². The molecule has 1 aliphatic heterocycles. The number of nitrogens with two attached hydrogens (primary N) is 1. The maximum absolute atomic E-state index is 6.47. The van der Waals surface area contributed by atoms with Crippen molar-refractivity contribution in [1.29, 1.82) is 0 Å². The molecule has 0 amide bonds. The Morgan fingerprint density at radius 3 is 2.75 bits per heavy atom. The number of methoxy groups -OCH3 is 1. The number of hydrogen-bond acceptors (Lipinski definition) is 7. The van der Waals surface area contributed by atoms with E-state index >= 15 is 0 Å². The SMILES string of the molecule is COc1cc(N(C)CCCN(C)C)c(N)cc1Nc1nccc(-c2c3n(c4ccccc24)CCC3)n1. The maximum Gasteiger partial charge on any atom is 0.227 e. The summed E-state index contributed by atoms with van der Waals surface area (Å²) in [5, 5.41) is 4.58. The van der Waals surface area contributed by atoms with Gasteiger partial charge in [0, 0.05) is 54.6 Å². The molecule has 188 valence electrons. The average molecular weight is 486 g/mol. The van der Waals surface area contributed by atoms with Crippen molar-refractivity contribution in [3.63, 3.8) is 0 Å². The summed E-state index contributed by atoms with van der Waals surface area (Å²) in [6.45, 7) is 2.98. The highest BCUT2D eigenvalue weighted by Crippen LogP contribution is 2.39. The number of nitrogens with zero attached hydrogens (tertiary/aromatic N) is 5. The smallest absolute Gasteiger partial charge is 0.227 e. The number of hydrogen-bond donors (Lipinski definition) is 2. The highest BCUT2D eigenvalue weighted by Gasteiger charge is 2.23. The van der Waals surface area contributed by atoms with Gasteiger partial charge in [-0.2, -0.15) is 0 Å². The van der Waals surface area contributed by atoms with Crippen LogP contribution in [0, 0.1) is 0 Å². The number of nitrogens with one attached hydrogen (secondary N) is 1. The van der Waals surface area contributed by atoms with Crippen molar-refractivity contribution in [1.82, 2.24) is 19.4 Å². The van der Waals surface area contributed by atoms with Crippen LogP contribution in [0.1, 0.15) is 18.5 Å². The Hall–Kier alpha value is -3.78. The number of ether oxygens (including phenoxy) is 1. The van der Waals surface area contributed by atoms with Gasteiger partial charge in [-0.05, 0) is 58.1 Å². The van der Waals surface area contributed by atoms with Crippen LogP contribution < -0.4 is 20.7 Å². The van der Waals surface area contributed by atoms with E-state index in [-0.39, 0.29) is 0 Å². The van der Waals surface area contributed by atoms with Gasteiger partial charge in [-0.15, -0.1) is 0 Å². The molecule has 0 aliphatic carbocycles. The van der Waals surface area contributed by atoms with E-state index in [2.05, 4.69) is 70.1 Å². The lowest BCUT2D eigenvalue weighted by molar-refractivity contribution is 0.401. The van der Waals surface area contributed by atoms with Crippen molar-refractivity contribution < 1.29 is 4.74 Å². The second-order valence-corrected chi connectivity index (χ2v) is 9.67. The molecule has 0 unspecified atom stereocenters. The maximum atomic E-state index is 6.47. The lowest BCUT2D eigenvalue weighted by Crippen LogP contribution is -2.24. The zero-order valence-electron chi connectivity index (χ0n) is 21.6. The van der Waals surface area contributed by atoms with Crippen LogP contribution in [0.3, 0.4) is 0 Å². The number of nitrogen functional groups attached to an aromatic ring is 1. The van der Waals surface area contributed by atoms with Gasteiger partial charge in [-0.25, -0.2) is 9.97 Å². The summed E-state index contributed by atoms with van der Waals surface area (Å²) in [5.74, 6) is 1.21. The third-order valence-electron chi connectivity index (χ3n) is 6.89. The first-order chi connectivity index (χ1) is 17.5. The molecule has 0 radical (unpaired) electrons. The molecular formula is C28H35N7O. The molecule has 5 rings (SSSR count). The Kier molecular flexibility index (Phi) is 6.69. The van der Waals surface area contributed by atoms with Crippen LogP contribution in [0.4, 0.5) is 23.0 Å². The lowest BCUT2D eigenvalue weighted by atomic mass is 10.1. The molecule has 8 nitrogen and oxygen atoms in total. The predicted octanol–water partition coefficient (Wildman–Crippen LogP) is 4.77. The second-order valence-electron chi connectivity index (χ2n) is 9.67. The van der Waals surface area contributed by atoms with E-state index in [0.29, 0.717) is 17.4 Å². The van der Waals surface area contributed by atoms with Gasteiger partial charge in [-0.3, -0.25) is 0 Å². The van der Waals surface area contributed by atoms with Crippen molar-refractivity contribution in [3.05, 3.63) is 54.4 Å². The van der Waals surface area contributed by atoms with Crippen molar-refractivity contribution in [2.45, 2.75) is 25.8 Å². The van der Waals surface area contributed by atoms with Crippen molar-refractivity contribution >= 4 is 33.9 Å². The molecule has 4 aromatic rings. The van der Waals surface area contributed by atoms with E-state index in [1.54, 1.807) is 13.3 Å². The molecular weight excluding hydrogens is 450 g/mol. The molecule has 0 fully saturated rings. The van der Waals surface area contributed by atoms with Crippen molar-refractivity contribution in [2.75, 3.05) is 57.3 Å². The van der Waals surface area contributed by atoms with Crippen molar-refractivity contribution in [3.8, 4) is 17.0 Å². The Bertz CT molecular complexity index is 1380. The van der Waals surface area contributed by atoms with Crippen molar-refractivity contribution in [2.24, 2.45) is 0 Å². The van der Waals surface area contributed by atoms with E-state index < -0.39 is 0 Å². The fourth-order valence-corrected chi connectivity index (χ4v) is 5.17. The van der Waals surface area contributed by atoms with E-state index in [1.165, 1.54) is 22.2 Å². The number of para-hydroxylation sites is 1. The molecule has 0 saturated carbocycles. The molecule has 2 aromatic heterocycles. The quantitative estimate of drug-likeness (QED) is 0.331. The third-order valence-corrected chi connectivity index (χ3v) is 6.89. The Morgan fingerprint density at radius 2 is 1.94 bits per heavy atom. The predicted molar refractivity (Wildman–Crippen MR) is 148 cm³/mol. The fraction of sp³-hybridized carbons (Fsp3) is 0.357. The van der Waals surface area contributed by atoms with Crippen LogP contribution in [-0.2, 0) is 13.0 Å². The first kappa shape index (κ1) is 23.9. The summed E-state index contributed by atoms with van der Waals surface area (Å²) in [5.41, 5.74) is 13.6. The second kappa shape index (κ2) is 10.1. The normalized spacial score (nSPS) is 12.8. The van der Waals surface area contributed by atoms with E-state index in [1.807, 2.05) is 18.2 Å². The van der Waals surface area contributed by atoms with Gasteiger partial charge in [0.25, 0.3) is 0 Å². The Balaban J connectivity index is 1.44. The van der Waals surface area contributed by atoms with Crippen LogP contribution >= 0.6 is 0 Å². The van der Waals surface area contributed by atoms with Crippen LogP contribution in [0.15, 0.2) is 48.7 Å². The fourth-order valence-electron chi connectivity index (χ4n) is 5.17. The van der Waals surface area contributed by atoms with E-state index in [4.69, 9.17) is 15.5 Å². The summed E-state index contributed by atoms with van der Waals surface area (Å²) >= 11 is 0. The molecule has 36 heavy (non-hydrogen) atoms. The van der Waals surface area contributed by atoms with Crippen LogP contribution in [0.2, 0.25) is 0 Å². The Morgan fingerprint density at radius 1 is 1.11 bits per heavy atom. The minimum absolute atomic E-state index is 0.513. The largest absolute Gasteiger partial charge is 0.494 e. The number of aryl methyl sites for hydroxylation is 1. The minimum atomic E-state index is 0.513. The third kappa shape index (κ3) is 4.56. The van der Waals surface area contributed by atoms with Gasteiger partial charge in [0.2, 0.25) is 5.95 Å². The molecule has 0 bridgehead atoms. The summed E-state index contributed by atoms with van der Waals surface area (Å²) in [4.78, 5) is 13.8. The number of aromatic nitrogens is 3. The number of rotatable bonds is 9. The summed E-state index contributed by atoms with van der Waals surface area (Å²) in [6.07, 6.45) is 5.08. The van der Waals surface area contributed by atoms with E-state index in [9.17, 15) is 0 Å². The van der Waals surface area contributed by atoms with Gasteiger partial charge in [0.05, 0.1) is 29.9 Å². The summed E-state index contributed by atoms with van der Waals surface area (Å²) < 4.78 is 8.14. The van der Waals surface area contributed by atoms with Crippen LogP contribution in [0.5, 0.6) is 5.75 Å². The van der Waals surface area contributed by atoms with Gasteiger partial charge in [0.1, 0.15) is 5.75 Å². The molecule has 1 aliphatic rings. The zero-order chi connectivity index (χ0) is 25.2. The zero-order valence-corrected chi connectivity index (χ0v) is 21.6. The first-order valence-electron chi connectivity index (χ1n) is 12.5. The molecule has 0 spiro atoms. The first-order valence-corrected chi connectivity index (χ1v) is 12.5. The lowest BCUT2D eigenvalue weighted by Gasteiger charge is -2.24. The topological polar surface area (TPSA) is 84.5 Å². The van der Waals surface area contributed by atoms with Gasteiger partial charge in [-0.1, -0.05) is 18.2 Å². The molecule has 3 heterocycles. The molecule has 0 saturated heterocycles. The monoisotopic (exact) mass is 485 g/mol. The minimum Gasteiger partial charge on any atom is -0.494 e. The highest BCUT2D eigenvalue weighted by atomic mass is 16.5. The van der Waals surface area contributed by atoms with Crippen LogP contribution in [-0.4, -0.2) is 60.8 Å². The Labute approximate surface area is 212 Å². The molecule has 2 aromatic carbocycles. The molecule has 3 N–H and O–H groups in total. The number of anilines is 4. The summed E-state index contributed by atoms with van der Waals surface area (Å²) in [6, 6.07) is 14.4. The van der Waals surface area contributed by atoms with Gasteiger partial charge >= 0.3 is 0 Å². The number of fused-ring (bicyclic) bond motifs is 3. The summed E-state index contributed by atoms with van der Waals surface area (Å²) in [7, 11) is 7.89. The average Bonchev–Trinajstić information content (AvgIpc) is 3.45. The van der Waals surface area contributed by atoms with Crippen LogP contribution in [0.25, 0.3) is 22.2 Å². The molecule has 8 heteroatoms. The van der Waals surface area contributed by atoms with Gasteiger partial charge in [0.15, 0.2) is 0 Å². The number of benzene rings is 2.